The van der Waals surface area contributed by atoms with Gasteiger partial charge in [0.2, 0.25) is 0 Å². The topological polar surface area (TPSA) is 73.6 Å². The van der Waals surface area contributed by atoms with Crippen LogP contribution in [0.15, 0.2) is 24.8 Å². The lowest BCUT2D eigenvalue weighted by molar-refractivity contribution is 0.230. The van der Waals surface area contributed by atoms with E-state index in [1.807, 2.05) is 0 Å². The highest BCUT2D eigenvalue weighted by Gasteiger charge is 2.19. The number of aromatic nitrogens is 3. The van der Waals surface area contributed by atoms with Crippen molar-refractivity contribution in [3.8, 4) is 0 Å². The molecule has 0 aromatic carbocycles. The molecule has 1 unspecified atom stereocenters. The molecule has 0 radical (unpaired) electrons. The second kappa shape index (κ2) is 4.42. The predicted molar refractivity (Wildman–Crippen MR) is 61.9 cm³/mol. The van der Waals surface area contributed by atoms with E-state index in [0.29, 0.717) is 11.3 Å². The molecule has 0 saturated heterocycles. The molecule has 2 aromatic rings. The van der Waals surface area contributed by atoms with Crippen LogP contribution in [0.2, 0.25) is 0 Å². The van der Waals surface area contributed by atoms with Crippen molar-refractivity contribution in [3.63, 3.8) is 0 Å². The Morgan fingerprint density at radius 2 is 2.00 bits per heavy atom. The van der Waals surface area contributed by atoms with E-state index in [9.17, 15) is 8.42 Å². The Morgan fingerprint density at radius 3 is 2.65 bits per heavy atom. The fraction of sp³-hybridized carbons (Fsp3) is 0.400. The van der Waals surface area contributed by atoms with Crippen LogP contribution in [0.4, 0.5) is 0 Å². The molecule has 0 aliphatic heterocycles. The highest BCUT2D eigenvalue weighted by Crippen LogP contribution is 2.20. The van der Waals surface area contributed by atoms with Gasteiger partial charge in [-0.25, -0.2) is 4.98 Å². The Balaban J connectivity index is 2.37. The summed E-state index contributed by atoms with van der Waals surface area (Å²) in [6, 6.07) is 0. The first-order valence-electron chi connectivity index (χ1n) is 5.22. The first kappa shape index (κ1) is 12.0. The third kappa shape index (κ3) is 2.45. The van der Waals surface area contributed by atoms with Gasteiger partial charge in [0.05, 0.1) is 5.75 Å². The van der Waals surface area contributed by atoms with Crippen LogP contribution in [-0.4, -0.2) is 28.5 Å². The zero-order valence-corrected chi connectivity index (χ0v) is 10.4. The van der Waals surface area contributed by atoms with Gasteiger partial charge in [-0.2, -0.15) is 8.42 Å². The first-order chi connectivity index (χ1) is 8.03. The lowest BCUT2D eigenvalue weighted by Crippen LogP contribution is -2.13. The molecule has 0 aliphatic carbocycles. The summed E-state index contributed by atoms with van der Waals surface area (Å²) in [6.07, 6.45) is 6.07. The summed E-state index contributed by atoms with van der Waals surface area (Å²) in [4.78, 5) is 8.25. The van der Waals surface area contributed by atoms with E-state index >= 15 is 0 Å². The standard InChI is InChI=1S/C10H13N3O3S/c1-3-17(14,15)16-8(2)9-10-12-5-7-13(10)6-4-11-9/h4-8H,3H2,1-2H3. The number of hydrogen-bond acceptors (Lipinski definition) is 5. The highest BCUT2D eigenvalue weighted by atomic mass is 32.2. The minimum atomic E-state index is -3.50. The van der Waals surface area contributed by atoms with E-state index in [1.165, 1.54) is 6.92 Å². The molecule has 6 nitrogen and oxygen atoms in total. The van der Waals surface area contributed by atoms with E-state index < -0.39 is 16.2 Å². The maximum absolute atomic E-state index is 11.4. The second-order valence-corrected chi connectivity index (χ2v) is 5.44. The minimum Gasteiger partial charge on any atom is -0.304 e. The zero-order valence-electron chi connectivity index (χ0n) is 9.57. The molecule has 0 bridgehead atoms. The molecule has 2 heterocycles. The van der Waals surface area contributed by atoms with E-state index in [1.54, 1.807) is 36.1 Å². The Hall–Kier alpha value is -1.47. The summed E-state index contributed by atoms with van der Waals surface area (Å²) in [5.74, 6) is -0.0606. The molecule has 17 heavy (non-hydrogen) atoms. The fourth-order valence-electron chi connectivity index (χ4n) is 1.50. The van der Waals surface area contributed by atoms with Crippen LogP contribution in [0.5, 0.6) is 0 Å². The molecule has 7 heteroatoms. The van der Waals surface area contributed by atoms with Crippen molar-refractivity contribution in [2.45, 2.75) is 20.0 Å². The van der Waals surface area contributed by atoms with Crippen molar-refractivity contribution in [1.29, 1.82) is 0 Å². The lowest BCUT2D eigenvalue weighted by atomic mass is 10.3. The van der Waals surface area contributed by atoms with Gasteiger partial charge in [0, 0.05) is 24.8 Å². The predicted octanol–water partition coefficient (Wildman–Crippen LogP) is 1.16. The van der Waals surface area contributed by atoms with Crippen LogP contribution in [-0.2, 0) is 14.3 Å². The van der Waals surface area contributed by atoms with Crippen LogP contribution >= 0.6 is 0 Å². The van der Waals surface area contributed by atoms with Gasteiger partial charge in [-0.1, -0.05) is 0 Å². The second-order valence-electron chi connectivity index (χ2n) is 3.56. The summed E-state index contributed by atoms with van der Waals surface area (Å²) >= 11 is 0. The third-order valence-electron chi connectivity index (χ3n) is 2.37. The molecular weight excluding hydrogens is 242 g/mol. The summed E-state index contributed by atoms with van der Waals surface area (Å²) in [5, 5.41) is 0. The largest absolute Gasteiger partial charge is 0.304 e. The summed E-state index contributed by atoms with van der Waals surface area (Å²) in [5.41, 5.74) is 1.11. The number of fused-ring (bicyclic) bond motifs is 1. The molecule has 1 atom stereocenters. The van der Waals surface area contributed by atoms with Crippen LogP contribution in [0.1, 0.15) is 25.6 Å². The Kier molecular flexibility index (Phi) is 3.12. The Morgan fingerprint density at radius 1 is 1.35 bits per heavy atom. The molecule has 0 saturated carbocycles. The summed E-state index contributed by atoms with van der Waals surface area (Å²) < 4.78 is 29.5. The van der Waals surface area contributed by atoms with Crippen LogP contribution in [0.25, 0.3) is 5.65 Å². The van der Waals surface area contributed by atoms with Crippen molar-refractivity contribution in [1.82, 2.24) is 14.4 Å². The number of nitrogens with zero attached hydrogens (tertiary/aromatic N) is 3. The minimum absolute atomic E-state index is 0.0606. The van der Waals surface area contributed by atoms with E-state index in [-0.39, 0.29) is 5.75 Å². The van der Waals surface area contributed by atoms with Gasteiger partial charge >= 0.3 is 0 Å². The van der Waals surface area contributed by atoms with E-state index in [0.717, 1.165) is 0 Å². The van der Waals surface area contributed by atoms with Gasteiger partial charge < -0.3 is 4.40 Å². The van der Waals surface area contributed by atoms with Gasteiger partial charge in [0.1, 0.15) is 11.8 Å². The molecule has 92 valence electrons. The maximum Gasteiger partial charge on any atom is 0.267 e. The van der Waals surface area contributed by atoms with Crippen molar-refractivity contribution in [2.24, 2.45) is 0 Å². The molecule has 0 amide bonds. The number of rotatable bonds is 4. The van der Waals surface area contributed by atoms with Crippen molar-refractivity contribution < 1.29 is 12.6 Å². The van der Waals surface area contributed by atoms with Crippen LogP contribution in [0.3, 0.4) is 0 Å². The van der Waals surface area contributed by atoms with Crippen molar-refractivity contribution >= 4 is 15.8 Å². The molecule has 0 aliphatic rings. The molecular formula is C10H13N3O3S. The monoisotopic (exact) mass is 255 g/mol. The molecule has 0 fully saturated rings. The van der Waals surface area contributed by atoms with E-state index in [2.05, 4.69) is 9.97 Å². The van der Waals surface area contributed by atoms with Gasteiger partial charge in [0.15, 0.2) is 5.65 Å². The average Bonchev–Trinajstić information content (AvgIpc) is 2.76. The average molecular weight is 255 g/mol. The number of imidazole rings is 1. The SMILES string of the molecule is CCS(=O)(=O)OC(C)c1nccn2ccnc12. The quantitative estimate of drug-likeness (QED) is 0.766. The van der Waals surface area contributed by atoms with Gasteiger partial charge in [0.25, 0.3) is 10.1 Å². The third-order valence-corrected chi connectivity index (χ3v) is 3.66. The fourth-order valence-corrected chi connectivity index (χ4v) is 2.16. The van der Waals surface area contributed by atoms with Crippen molar-refractivity contribution in [2.75, 3.05) is 5.75 Å². The number of hydrogen-bond donors (Lipinski definition) is 0. The van der Waals surface area contributed by atoms with Gasteiger partial charge in [-0.3, -0.25) is 9.17 Å². The molecule has 0 spiro atoms. The summed E-state index contributed by atoms with van der Waals surface area (Å²) in [6.45, 7) is 3.18. The van der Waals surface area contributed by atoms with Gasteiger partial charge in [-0.05, 0) is 13.8 Å². The van der Waals surface area contributed by atoms with Crippen LogP contribution < -0.4 is 0 Å². The van der Waals surface area contributed by atoms with Gasteiger partial charge in [-0.15, -0.1) is 0 Å². The highest BCUT2D eigenvalue weighted by molar-refractivity contribution is 7.86. The molecule has 2 rings (SSSR count). The molecule has 0 N–H and O–H groups in total. The normalized spacial score (nSPS) is 14.0. The maximum atomic E-state index is 11.4. The Labute approximate surface area is 99.4 Å². The summed E-state index contributed by atoms with van der Waals surface area (Å²) in [7, 11) is -3.50. The molecule has 2 aromatic heterocycles. The smallest absolute Gasteiger partial charge is 0.267 e. The zero-order chi connectivity index (χ0) is 12.5. The first-order valence-corrected chi connectivity index (χ1v) is 6.80. The van der Waals surface area contributed by atoms with Crippen LogP contribution in [0, 0.1) is 0 Å². The van der Waals surface area contributed by atoms with E-state index in [4.69, 9.17) is 4.18 Å². The van der Waals surface area contributed by atoms with Crippen molar-refractivity contribution in [3.05, 3.63) is 30.5 Å². The Bertz CT molecular complexity index is 621. The lowest BCUT2D eigenvalue weighted by Gasteiger charge is -2.12.